The summed E-state index contributed by atoms with van der Waals surface area (Å²) in [5.74, 6) is 1.69. The zero-order valence-electron chi connectivity index (χ0n) is 11.5. The summed E-state index contributed by atoms with van der Waals surface area (Å²) >= 11 is 0. The van der Waals surface area contributed by atoms with E-state index < -0.39 is 0 Å². The Kier molecular flexibility index (Phi) is 4.48. The quantitative estimate of drug-likeness (QED) is 0.890. The molecule has 0 bridgehead atoms. The van der Waals surface area contributed by atoms with Gasteiger partial charge in [-0.25, -0.2) is 0 Å². The van der Waals surface area contributed by atoms with E-state index in [1.807, 2.05) is 19.2 Å². The molecule has 1 aliphatic rings. The van der Waals surface area contributed by atoms with Gasteiger partial charge >= 0.3 is 0 Å². The number of hydrogen-bond donors (Lipinski definition) is 1. The lowest BCUT2D eigenvalue weighted by Crippen LogP contribution is -2.43. The third-order valence-electron chi connectivity index (χ3n) is 3.67. The first kappa shape index (κ1) is 13.2. The van der Waals surface area contributed by atoms with Gasteiger partial charge in [0.25, 0.3) is 0 Å². The van der Waals surface area contributed by atoms with Crippen LogP contribution in [0, 0.1) is 6.92 Å². The Morgan fingerprint density at radius 2 is 1.94 bits per heavy atom. The molecule has 1 N–H and O–H groups in total. The maximum Gasteiger partial charge on any atom is 0.161 e. The van der Waals surface area contributed by atoms with Gasteiger partial charge in [0.2, 0.25) is 0 Å². The van der Waals surface area contributed by atoms with Crippen LogP contribution in [0.4, 0.5) is 0 Å². The summed E-state index contributed by atoms with van der Waals surface area (Å²) < 4.78 is 11.5. The third-order valence-corrected chi connectivity index (χ3v) is 3.67. The van der Waals surface area contributed by atoms with Gasteiger partial charge in [-0.3, -0.25) is 0 Å². The van der Waals surface area contributed by atoms with Gasteiger partial charge in [0.1, 0.15) is 6.10 Å². The number of methoxy groups -OCH3 is 1. The van der Waals surface area contributed by atoms with E-state index in [1.165, 1.54) is 24.8 Å². The molecule has 1 aliphatic carbocycles. The van der Waals surface area contributed by atoms with Gasteiger partial charge in [0.15, 0.2) is 11.5 Å². The number of nitrogens with one attached hydrogen (secondary N) is 1. The van der Waals surface area contributed by atoms with Crippen LogP contribution in [-0.4, -0.2) is 26.3 Å². The number of likely N-dealkylation sites (N-methyl/N-ethyl adjacent to an activating group) is 1. The average molecular weight is 249 g/mol. The van der Waals surface area contributed by atoms with Crippen LogP contribution in [0.25, 0.3) is 0 Å². The van der Waals surface area contributed by atoms with Crippen molar-refractivity contribution in [2.45, 2.75) is 44.8 Å². The standard InChI is InChI=1S/C15H23NO2/c1-11-8-9-14(15(10-11)17-3)18-13-7-5-4-6-12(13)16-2/h8-10,12-13,16H,4-7H2,1-3H3. The van der Waals surface area contributed by atoms with Gasteiger partial charge in [0.05, 0.1) is 7.11 Å². The Morgan fingerprint density at radius 1 is 1.17 bits per heavy atom. The first-order valence-corrected chi connectivity index (χ1v) is 6.73. The second kappa shape index (κ2) is 6.10. The van der Waals surface area contributed by atoms with Crippen LogP contribution in [-0.2, 0) is 0 Å². The van der Waals surface area contributed by atoms with Crippen molar-refractivity contribution in [2.24, 2.45) is 0 Å². The highest BCUT2D eigenvalue weighted by molar-refractivity contribution is 5.42. The van der Waals surface area contributed by atoms with E-state index in [-0.39, 0.29) is 6.10 Å². The molecule has 0 spiro atoms. The van der Waals surface area contributed by atoms with Crippen LogP contribution in [0.15, 0.2) is 18.2 Å². The molecule has 3 heteroatoms. The Labute approximate surface area is 109 Å². The molecule has 1 aromatic carbocycles. The zero-order chi connectivity index (χ0) is 13.0. The van der Waals surface area contributed by atoms with Gasteiger partial charge in [-0.1, -0.05) is 12.5 Å². The molecule has 0 aromatic heterocycles. The normalized spacial score (nSPS) is 23.7. The Morgan fingerprint density at radius 3 is 2.67 bits per heavy atom. The summed E-state index contributed by atoms with van der Waals surface area (Å²) in [6, 6.07) is 6.54. The SMILES string of the molecule is CNC1CCCCC1Oc1ccc(C)cc1OC. The van der Waals surface area contributed by atoms with Crippen molar-refractivity contribution in [3.63, 3.8) is 0 Å². The second-order valence-corrected chi connectivity index (χ2v) is 4.99. The predicted molar refractivity (Wildman–Crippen MR) is 73.5 cm³/mol. The third kappa shape index (κ3) is 2.96. The van der Waals surface area contributed by atoms with Crippen LogP contribution < -0.4 is 14.8 Å². The largest absolute Gasteiger partial charge is 0.493 e. The smallest absolute Gasteiger partial charge is 0.161 e. The Balaban J connectivity index is 2.12. The van der Waals surface area contributed by atoms with Crippen molar-refractivity contribution in [3.05, 3.63) is 23.8 Å². The first-order valence-electron chi connectivity index (χ1n) is 6.73. The molecular formula is C15H23NO2. The minimum atomic E-state index is 0.250. The van der Waals surface area contributed by atoms with E-state index in [4.69, 9.17) is 9.47 Å². The molecule has 3 nitrogen and oxygen atoms in total. The molecule has 1 aromatic rings. The van der Waals surface area contributed by atoms with E-state index in [2.05, 4.69) is 18.3 Å². The van der Waals surface area contributed by atoms with E-state index in [1.54, 1.807) is 7.11 Å². The van der Waals surface area contributed by atoms with Gasteiger partial charge in [-0.05, 0) is 50.9 Å². The van der Waals surface area contributed by atoms with Crippen LogP contribution in [0.2, 0.25) is 0 Å². The minimum Gasteiger partial charge on any atom is -0.493 e. The van der Waals surface area contributed by atoms with Crippen molar-refractivity contribution < 1.29 is 9.47 Å². The van der Waals surface area contributed by atoms with Gasteiger partial charge in [-0.2, -0.15) is 0 Å². The van der Waals surface area contributed by atoms with Crippen molar-refractivity contribution >= 4 is 0 Å². The molecule has 0 aliphatic heterocycles. The van der Waals surface area contributed by atoms with Crippen LogP contribution in [0.1, 0.15) is 31.2 Å². The van der Waals surface area contributed by atoms with Crippen molar-refractivity contribution in [1.82, 2.24) is 5.32 Å². The Hall–Kier alpha value is -1.22. The molecule has 2 atom stereocenters. The zero-order valence-corrected chi connectivity index (χ0v) is 11.5. The van der Waals surface area contributed by atoms with Gasteiger partial charge < -0.3 is 14.8 Å². The maximum absolute atomic E-state index is 6.15. The van der Waals surface area contributed by atoms with Crippen LogP contribution in [0.3, 0.4) is 0 Å². The molecule has 0 saturated heterocycles. The first-order chi connectivity index (χ1) is 8.74. The lowest BCUT2D eigenvalue weighted by molar-refractivity contribution is 0.114. The lowest BCUT2D eigenvalue weighted by atomic mass is 9.92. The van der Waals surface area contributed by atoms with E-state index in [9.17, 15) is 0 Å². The monoisotopic (exact) mass is 249 g/mol. The topological polar surface area (TPSA) is 30.5 Å². The molecule has 2 rings (SSSR count). The summed E-state index contributed by atoms with van der Waals surface area (Å²) in [6.45, 7) is 2.06. The number of rotatable bonds is 4. The molecule has 100 valence electrons. The van der Waals surface area contributed by atoms with E-state index in [0.717, 1.165) is 17.9 Å². The molecule has 0 heterocycles. The molecule has 0 radical (unpaired) electrons. The van der Waals surface area contributed by atoms with E-state index >= 15 is 0 Å². The van der Waals surface area contributed by atoms with E-state index in [0.29, 0.717) is 6.04 Å². The summed E-state index contributed by atoms with van der Waals surface area (Å²) in [5, 5.41) is 3.36. The van der Waals surface area contributed by atoms with Crippen molar-refractivity contribution in [3.8, 4) is 11.5 Å². The molecule has 18 heavy (non-hydrogen) atoms. The predicted octanol–water partition coefficient (Wildman–Crippen LogP) is 2.91. The van der Waals surface area contributed by atoms with Gasteiger partial charge in [-0.15, -0.1) is 0 Å². The highest BCUT2D eigenvalue weighted by Gasteiger charge is 2.26. The average Bonchev–Trinajstić information content (AvgIpc) is 2.41. The fourth-order valence-corrected chi connectivity index (χ4v) is 2.60. The lowest BCUT2D eigenvalue weighted by Gasteiger charge is -2.32. The number of ether oxygens (including phenoxy) is 2. The summed E-state index contributed by atoms with van der Waals surface area (Å²) in [7, 11) is 3.71. The van der Waals surface area contributed by atoms with Crippen molar-refractivity contribution in [2.75, 3.05) is 14.2 Å². The number of aryl methyl sites for hydroxylation is 1. The molecular weight excluding hydrogens is 226 g/mol. The fourth-order valence-electron chi connectivity index (χ4n) is 2.60. The summed E-state index contributed by atoms with van der Waals surface area (Å²) in [4.78, 5) is 0. The molecule has 1 saturated carbocycles. The molecule has 0 amide bonds. The minimum absolute atomic E-state index is 0.250. The highest BCUT2D eigenvalue weighted by Crippen LogP contribution is 2.31. The van der Waals surface area contributed by atoms with Crippen molar-refractivity contribution in [1.29, 1.82) is 0 Å². The second-order valence-electron chi connectivity index (χ2n) is 4.99. The number of benzene rings is 1. The summed E-state index contributed by atoms with van der Waals surface area (Å²) in [6.07, 6.45) is 5.09. The number of hydrogen-bond acceptors (Lipinski definition) is 3. The highest BCUT2D eigenvalue weighted by atomic mass is 16.5. The van der Waals surface area contributed by atoms with Gasteiger partial charge in [0, 0.05) is 6.04 Å². The maximum atomic E-state index is 6.15. The molecule has 1 fully saturated rings. The fraction of sp³-hybridized carbons (Fsp3) is 0.600. The van der Waals surface area contributed by atoms with Crippen LogP contribution >= 0.6 is 0 Å². The summed E-state index contributed by atoms with van der Waals surface area (Å²) in [5.41, 5.74) is 1.19. The Bertz CT molecular complexity index is 392. The molecule has 2 unspecified atom stereocenters. The van der Waals surface area contributed by atoms with Crippen LogP contribution in [0.5, 0.6) is 11.5 Å².